The lowest BCUT2D eigenvalue weighted by Crippen LogP contribution is -2.48. The Kier molecular flexibility index (Phi) is 6.89. The first-order chi connectivity index (χ1) is 11.6. The summed E-state index contributed by atoms with van der Waals surface area (Å²) in [6.07, 6.45) is 1.11. The summed E-state index contributed by atoms with van der Waals surface area (Å²) in [4.78, 5) is 34.3. The molecule has 0 radical (unpaired) electrons. The van der Waals surface area contributed by atoms with Crippen molar-refractivity contribution in [1.82, 2.24) is 5.32 Å². The molecule has 0 amide bonds. The average molecular weight is 335 g/mol. The maximum absolute atomic E-state index is 11.8. The van der Waals surface area contributed by atoms with Gasteiger partial charge in [0.2, 0.25) is 0 Å². The van der Waals surface area contributed by atoms with E-state index in [0.717, 1.165) is 5.56 Å². The number of hydrogen-bond donors (Lipinski definition) is 1. The molecule has 0 spiro atoms. The highest BCUT2D eigenvalue weighted by atomic mass is 16.6. The van der Waals surface area contributed by atoms with Gasteiger partial charge in [0, 0.05) is 6.54 Å². The molecule has 0 aromatic heterocycles. The predicted octanol–water partition coefficient (Wildman–Crippen LogP) is 0.957. The second-order valence-corrected chi connectivity index (χ2v) is 5.39. The average Bonchev–Trinajstić information content (AvgIpc) is 2.61. The van der Waals surface area contributed by atoms with Crippen LogP contribution in [-0.4, -0.2) is 43.2 Å². The third kappa shape index (κ3) is 5.43. The number of rotatable bonds is 5. The van der Waals surface area contributed by atoms with Gasteiger partial charge in [0.1, 0.15) is 6.04 Å². The van der Waals surface area contributed by atoms with E-state index in [1.807, 2.05) is 30.3 Å². The summed E-state index contributed by atoms with van der Waals surface area (Å²) in [6, 6.07) is 9.18. The van der Waals surface area contributed by atoms with Crippen LogP contribution < -0.4 is 5.32 Å². The van der Waals surface area contributed by atoms with E-state index in [9.17, 15) is 14.4 Å². The quantitative estimate of drug-likeness (QED) is 0.487. The van der Waals surface area contributed by atoms with Crippen LogP contribution in [-0.2, 0) is 35.2 Å². The molecule has 1 N–H and O–H groups in total. The molecule has 24 heavy (non-hydrogen) atoms. The fourth-order valence-corrected chi connectivity index (χ4v) is 2.36. The van der Waals surface area contributed by atoms with Crippen LogP contribution in [0.25, 0.3) is 0 Å². The molecule has 1 heterocycles. The van der Waals surface area contributed by atoms with Gasteiger partial charge in [0.25, 0.3) is 0 Å². The number of piperidine rings is 1. The van der Waals surface area contributed by atoms with Crippen LogP contribution in [0, 0.1) is 0 Å². The van der Waals surface area contributed by atoms with Crippen LogP contribution in [0.2, 0.25) is 0 Å². The van der Waals surface area contributed by atoms with E-state index >= 15 is 0 Å². The van der Waals surface area contributed by atoms with E-state index in [2.05, 4.69) is 14.8 Å². The maximum Gasteiger partial charge on any atom is 0.425 e. The van der Waals surface area contributed by atoms with Crippen molar-refractivity contribution < 1.29 is 28.6 Å². The Morgan fingerprint density at radius 2 is 1.88 bits per heavy atom. The van der Waals surface area contributed by atoms with E-state index in [-0.39, 0.29) is 12.7 Å². The van der Waals surface area contributed by atoms with Crippen LogP contribution in [0.3, 0.4) is 0 Å². The Balaban J connectivity index is 1.71. The van der Waals surface area contributed by atoms with Gasteiger partial charge in [-0.3, -0.25) is 0 Å². The van der Waals surface area contributed by atoms with Gasteiger partial charge >= 0.3 is 17.9 Å². The molecule has 2 atom stereocenters. The summed E-state index contributed by atoms with van der Waals surface area (Å²) < 4.78 is 14.8. The van der Waals surface area contributed by atoms with E-state index in [0.29, 0.717) is 26.0 Å². The van der Waals surface area contributed by atoms with Crippen molar-refractivity contribution in [2.45, 2.75) is 38.5 Å². The highest BCUT2D eigenvalue weighted by molar-refractivity contribution is 6.31. The zero-order chi connectivity index (χ0) is 17.4. The molecule has 1 aromatic rings. The molecule has 1 aliphatic rings. The first-order valence-electron chi connectivity index (χ1n) is 7.91. The van der Waals surface area contributed by atoms with Crippen LogP contribution in [0.4, 0.5) is 0 Å². The van der Waals surface area contributed by atoms with Crippen molar-refractivity contribution in [3.8, 4) is 0 Å². The minimum atomic E-state index is -1.29. The van der Waals surface area contributed by atoms with E-state index in [1.165, 1.54) is 0 Å². The van der Waals surface area contributed by atoms with E-state index in [1.54, 1.807) is 6.92 Å². The van der Waals surface area contributed by atoms with Crippen LogP contribution in [0.15, 0.2) is 30.3 Å². The summed E-state index contributed by atoms with van der Waals surface area (Å²) in [5.74, 6) is -3.22. The summed E-state index contributed by atoms with van der Waals surface area (Å²) in [6.45, 7) is 2.58. The number of carbonyl (C=O) groups excluding carboxylic acids is 3. The number of benzene rings is 1. The molecule has 7 heteroatoms. The summed E-state index contributed by atoms with van der Waals surface area (Å²) in [5, 5.41) is 2.98. The second kappa shape index (κ2) is 9.14. The normalized spacial score (nSPS) is 20.2. The summed E-state index contributed by atoms with van der Waals surface area (Å²) >= 11 is 0. The molecule has 0 saturated carbocycles. The standard InChI is InChI=1S/C17H21NO6/c1-2-22-16(20)17(21)24-15(19)14-9-8-13(10-18-14)23-11-12-6-4-3-5-7-12/h3-7,13-14,18H,2,8-11H2,1H3/t13-,14+/m1/s1. The molecule has 1 saturated heterocycles. The maximum atomic E-state index is 11.8. The molecule has 2 rings (SSSR count). The Labute approximate surface area is 140 Å². The van der Waals surface area contributed by atoms with Crippen molar-refractivity contribution in [1.29, 1.82) is 0 Å². The molecule has 0 unspecified atom stereocenters. The smallest absolute Gasteiger partial charge is 0.425 e. The number of hydrogen-bond acceptors (Lipinski definition) is 7. The summed E-state index contributed by atoms with van der Waals surface area (Å²) in [7, 11) is 0. The number of carbonyl (C=O) groups is 3. The number of nitrogens with one attached hydrogen (secondary N) is 1. The van der Waals surface area contributed by atoms with Crippen LogP contribution in [0.5, 0.6) is 0 Å². The van der Waals surface area contributed by atoms with Gasteiger partial charge in [-0.15, -0.1) is 0 Å². The summed E-state index contributed by atoms with van der Waals surface area (Å²) in [5.41, 5.74) is 1.08. The lowest BCUT2D eigenvalue weighted by atomic mass is 10.0. The number of ether oxygens (including phenoxy) is 3. The lowest BCUT2D eigenvalue weighted by molar-refractivity contribution is -0.174. The van der Waals surface area contributed by atoms with Gasteiger partial charge in [-0.2, -0.15) is 0 Å². The zero-order valence-corrected chi connectivity index (χ0v) is 13.5. The Morgan fingerprint density at radius 3 is 2.50 bits per heavy atom. The molecule has 0 bridgehead atoms. The molecule has 1 fully saturated rings. The first-order valence-corrected chi connectivity index (χ1v) is 7.91. The fourth-order valence-electron chi connectivity index (χ4n) is 2.36. The van der Waals surface area contributed by atoms with Crippen molar-refractivity contribution in [3.05, 3.63) is 35.9 Å². The minimum Gasteiger partial charge on any atom is -0.458 e. The van der Waals surface area contributed by atoms with Gasteiger partial charge in [0.15, 0.2) is 0 Å². The Hall–Kier alpha value is -2.25. The number of esters is 3. The SMILES string of the molecule is CCOC(=O)C(=O)OC(=O)[C@@H]1CC[C@@H](OCc2ccccc2)CN1. The van der Waals surface area contributed by atoms with Gasteiger partial charge < -0.3 is 19.5 Å². The molecule has 130 valence electrons. The largest absolute Gasteiger partial charge is 0.458 e. The first kappa shape index (κ1) is 18.1. The third-order valence-electron chi connectivity index (χ3n) is 3.62. The molecular weight excluding hydrogens is 314 g/mol. The Bertz CT molecular complexity index is 566. The van der Waals surface area contributed by atoms with Gasteiger partial charge in [0.05, 0.1) is 19.3 Å². The molecule has 1 aromatic carbocycles. The third-order valence-corrected chi connectivity index (χ3v) is 3.62. The van der Waals surface area contributed by atoms with Crippen molar-refractivity contribution in [3.63, 3.8) is 0 Å². The van der Waals surface area contributed by atoms with Crippen molar-refractivity contribution >= 4 is 17.9 Å². The highest BCUT2D eigenvalue weighted by Gasteiger charge is 2.30. The molecule has 1 aliphatic heterocycles. The highest BCUT2D eigenvalue weighted by Crippen LogP contribution is 2.14. The van der Waals surface area contributed by atoms with Gasteiger partial charge in [-0.25, -0.2) is 14.4 Å². The van der Waals surface area contributed by atoms with E-state index < -0.39 is 23.9 Å². The van der Waals surface area contributed by atoms with Gasteiger partial charge in [-0.1, -0.05) is 30.3 Å². The second-order valence-electron chi connectivity index (χ2n) is 5.39. The Morgan fingerprint density at radius 1 is 1.12 bits per heavy atom. The molecular formula is C17H21NO6. The molecule has 0 aliphatic carbocycles. The predicted molar refractivity (Wildman–Crippen MR) is 83.8 cm³/mol. The van der Waals surface area contributed by atoms with Gasteiger partial charge in [-0.05, 0) is 25.3 Å². The zero-order valence-electron chi connectivity index (χ0n) is 13.5. The molecule has 7 nitrogen and oxygen atoms in total. The minimum absolute atomic E-state index is 0.0185. The van der Waals surface area contributed by atoms with Crippen LogP contribution >= 0.6 is 0 Å². The monoisotopic (exact) mass is 335 g/mol. The van der Waals surface area contributed by atoms with Crippen LogP contribution in [0.1, 0.15) is 25.3 Å². The van der Waals surface area contributed by atoms with E-state index in [4.69, 9.17) is 4.74 Å². The lowest BCUT2D eigenvalue weighted by Gasteiger charge is -2.28. The topological polar surface area (TPSA) is 90.9 Å². The van der Waals surface area contributed by atoms with Crippen molar-refractivity contribution in [2.24, 2.45) is 0 Å². The van der Waals surface area contributed by atoms with Crippen molar-refractivity contribution in [2.75, 3.05) is 13.2 Å². The fraction of sp³-hybridized carbons (Fsp3) is 0.471.